The standard InChI is InChI=1S/C18H24N6O3/c25-16-9-13(18(27)21-10-14-4-1-2-6-20-14)8-15(16)23-17(26)5-3-7-24-12-19-11-22-24/h1-2,4,6,11-13,15-16,25H,3,5,7-10H2,(H,21,27)(H,23,26)/t13-,15+,16+/m0/s1. The average molecular weight is 372 g/mol. The highest BCUT2D eigenvalue weighted by atomic mass is 16.3. The van der Waals surface area contributed by atoms with Gasteiger partial charge in [0.15, 0.2) is 0 Å². The molecule has 1 saturated carbocycles. The van der Waals surface area contributed by atoms with Crippen LogP contribution in [0.25, 0.3) is 0 Å². The van der Waals surface area contributed by atoms with Crippen molar-refractivity contribution in [2.45, 2.75) is 50.9 Å². The van der Waals surface area contributed by atoms with E-state index < -0.39 is 12.1 Å². The Hall–Kier alpha value is -2.81. The molecule has 0 spiro atoms. The van der Waals surface area contributed by atoms with Gasteiger partial charge in [0.25, 0.3) is 0 Å². The lowest BCUT2D eigenvalue weighted by Crippen LogP contribution is -2.40. The first kappa shape index (κ1) is 19.0. The fourth-order valence-electron chi connectivity index (χ4n) is 3.24. The minimum absolute atomic E-state index is 0.123. The fraction of sp³-hybridized carbons (Fsp3) is 0.500. The number of carbonyl (C=O) groups is 2. The minimum atomic E-state index is -0.713. The molecule has 0 unspecified atom stereocenters. The number of nitrogens with zero attached hydrogens (tertiary/aromatic N) is 4. The Kier molecular flexibility index (Phi) is 6.48. The van der Waals surface area contributed by atoms with Crippen LogP contribution in [0, 0.1) is 5.92 Å². The Morgan fingerprint density at radius 1 is 1.30 bits per heavy atom. The van der Waals surface area contributed by atoms with E-state index in [1.807, 2.05) is 18.2 Å². The maximum atomic E-state index is 12.3. The van der Waals surface area contributed by atoms with E-state index in [1.54, 1.807) is 17.2 Å². The summed E-state index contributed by atoms with van der Waals surface area (Å²) in [6.07, 6.45) is 5.76. The number of carbonyl (C=O) groups excluding carboxylic acids is 2. The van der Waals surface area contributed by atoms with Crippen molar-refractivity contribution in [2.75, 3.05) is 0 Å². The molecule has 9 heteroatoms. The van der Waals surface area contributed by atoms with Gasteiger partial charge in [-0.1, -0.05) is 6.07 Å². The third kappa shape index (κ3) is 5.58. The third-order valence-corrected chi connectivity index (χ3v) is 4.67. The van der Waals surface area contributed by atoms with Gasteiger partial charge in [0.05, 0.1) is 24.4 Å². The molecule has 0 saturated heterocycles. The molecule has 0 aliphatic heterocycles. The summed E-state index contributed by atoms with van der Waals surface area (Å²) in [5.74, 6) is -0.569. The van der Waals surface area contributed by atoms with Gasteiger partial charge in [-0.05, 0) is 31.4 Å². The SMILES string of the molecule is O=C(CCCn1cncn1)N[C@@H]1C[C@H](C(=O)NCc2ccccn2)C[C@H]1O. The summed E-state index contributed by atoms with van der Waals surface area (Å²) in [6.45, 7) is 0.963. The number of aliphatic hydroxyl groups excluding tert-OH is 1. The van der Waals surface area contributed by atoms with Crippen LogP contribution < -0.4 is 10.6 Å². The smallest absolute Gasteiger partial charge is 0.223 e. The molecule has 2 heterocycles. The maximum Gasteiger partial charge on any atom is 0.223 e. The van der Waals surface area contributed by atoms with E-state index in [0.717, 1.165) is 5.69 Å². The molecule has 144 valence electrons. The highest BCUT2D eigenvalue weighted by Crippen LogP contribution is 2.26. The topological polar surface area (TPSA) is 122 Å². The summed E-state index contributed by atoms with van der Waals surface area (Å²) >= 11 is 0. The molecular weight excluding hydrogens is 348 g/mol. The molecule has 1 fully saturated rings. The Morgan fingerprint density at radius 2 is 2.19 bits per heavy atom. The van der Waals surface area contributed by atoms with Crippen molar-refractivity contribution in [3.63, 3.8) is 0 Å². The zero-order valence-corrected chi connectivity index (χ0v) is 15.0. The Labute approximate surface area is 157 Å². The van der Waals surface area contributed by atoms with Crippen molar-refractivity contribution in [3.05, 3.63) is 42.7 Å². The summed E-state index contributed by atoms with van der Waals surface area (Å²) in [4.78, 5) is 32.4. The van der Waals surface area contributed by atoms with Crippen LogP contribution in [0.3, 0.4) is 0 Å². The van der Waals surface area contributed by atoms with Gasteiger partial charge in [0, 0.05) is 25.1 Å². The molecule has 3 N–H and O–H groups in total. The molecule has 0 radical (unpaired) electrons. The van der Waals surface area contributed by atoms with E-state index in [9.17, 15) is 14.7 Å². The van der Waals surface area contributed by atoms with Crippen molar-refractivity contribution in [2.24, 2.45) is 5.92 Å². The van der Waals surface area contributed by atoms with E-state index in [4.69, 9.17) is 0 Å². The molecule has 27 heavy (non-hydrogen) atoms. The molecule has 2 aromatic heterocycles. The van der Waals surface area contributed by atoms with Crippen LogP contribution in [0.5, 0.6) is 0 Å². The number of amides is 2. The monoisotopic (exact) mass is 372 g/mol. The number of pyridine rings is 1. The summed E-state index contributed by atoms with van der Waals surface area (Å²) in [5.41, 5.74) is 0.779. The fourth-order valence-corrected chi connectivity index (χ4v) is 3.24. The van der Waals surface area contributed by atoms with Crippen LogP contribution in [0.2, 0.25) is 0 Å². The predicted octanol–water partition coefficient (Wildman–Crippen LogP) is 0.0254. The van der Waals surface area contributed by atoms with Crippen LogP contribution >= 0.6 is 0 Å². The Morgan fingerprint density at radius 3 is 2.93 bits per heavy atom. The van der Waals surface area contributed by atoms with Gasteiger partial charge in [0.2, 0.25) is 11.8 Å². The second-order valence-corrected chi connectivity index (χ2v) is 6.71. The first-order chi connectivity index (χ1) is 13.1. The zero-order chi connectivity index (χ0) is 19.1. The quantitative estimate of drug-likeness (QED) is 0.601. The molecule has 0 aromatic carbocycles. The number of hydrogen-bond acceptors (Lipinski definition) is 6. The van der Waals surface area contributed by atoms with E-state index in [-0.39, 0.29) is 17.7 Å². The Bertz CT molecular complexity index is 737. The van der Waals surface area contributed by atoms with E-state index in [1.165, 1.54) is 6.33 Å². The van der Waals surface area contributed by atoms with E-state index in [0.29, 0.717) is 38.8 Å². The summed E-state index contributed by atoms with van der Waals surface area (Å²) in [5, 5.41) is 19.9. The molecular formula is C18H24N6O3. The van der Waals surface area contributed by atoms with Crippen molar-refractivity contribution in [1.29, 1.82) is 0 Å². The first-order valence-corrected chi connectivity index (χ1v) is 9.09. The van der Waals surface area contributed by atoms with Crippen molar-refractivity contribution in [3.8, 4) is 0 Å². The molecule has 3 atom stereocenters. The van der Waals surface area contributed by atoms with Gasteiger partial charge in [-0.2, -0.15) is 5.10 Å². The van der Waals surface area contributed by atoms with Crippen molar-refractivity contribution >= 4 is 11.8 Å². The van der Waals surface area contributed by atoms with Crippen molar-refractivity contribution < 1.29 is 14.7 Å². The lowest BCUT2D eigenvalue weighted by molar-refractivity contribution is -0.125. The number of rotatable bonds is 8. The van der Waals surface area contributed by atoms with Crippen LogP contribution in [0.1, 0.15) is 31.4 Å². The highest BCUT2D eigenvalue weighted by Gasteiger charge is 2.37. The lowest BCUT2D eigenvalue weighted by Gasteiger charge is -2.16. The lowest BCUT2D eigenvalue weighted by atomic mass is 10.1. The van der Waals surface area contributed by atoms with E-state index >= 15 is 0 Å². The molecule has 1 aliphatic carbocycles. The molecule has 2 aromatic rings. The van der Waals surface area contributed by atoms with Crippen LogP contribution in [0.15, 0.2) is 37.1 Å². The van der Waals surface area contributed by atoms with Crippen molar-refractivity contribution in [1.82, 2.24) is 30.4 Å². The first-order valence-electron chi connectivity index (χ1n) is 9.09. The van der Waals surface area contributed by atoms with Gasteiger partial charge < -0.3 is 15.7 Å². The van der Waals surface area contributed by atoms with Crippen LogP contribution in [-0.4, -0.2) is 48.8 Å². The zero-order valence-electron chi connectivity index (χ0n) is 15.0. The van der Waals surface area contributed by atoms with Gasteiger partial charge in [0.1, 0.15) is 12.7 Å². The predicted molar refractivity (Wildman–Crippen MR) is 96.0 cm³/mol. The number of hydrogen-bond donors (Lipinski definition) is 3. The van der Waals surface area contributed by atoms with Gasteiger partial charge in [-0.25, -0.2) is 4.98 Å². The van der Waals surface area contributed by atoms with Crippen LogP contribution in [-0.2, 0) is 22.7 Å². The Balaban J connectivity index is 1.39. The van der Waals surface area contributed by atoms with Gasteiger partial charge in [-0.3, -0.25) is 19.3 Å². The van der Waals surface area contributed by atoms with Gasteiger partial charge >= 0.3 is 0 Å². The van der Waals surface area contributed by atoms with Crippen LogP contribution in [0.4, 0.5) is 0 Å². The number of nitrogens with one attached hydrogen (secondary N) is 2. The highest BCUT2D eigenvalue weighted by molar-refractivity contribution is 5.80. The third-order valence-electron chi connectivity index (χ3n) is 4.67. The number of aromatic nitrogens is 4. The molecule has 1 aliphatic rings. The normalized spacial score (nSPS) is 21.7. The number of aliphatic hydroxyl groups is 1. The number of aryl methyl sites for hydroxylation is 1. The maximum absolute atomic E-state index is 12.3. The van der Waals surface area contributed by atoms with Gasteiger partial charge in [-0.15, -0.1) is 0 Å². The molecule has 2 amide bonds. The minimum Gasteiger partial charge on any atom is -0.391 e. The largest absolute Gasteiger partial charge is 0.391 e. The van der Waals surface area contributed by atoms with E-state index in [2.05, 4.69) is 25.7 Å². The summed E-state index contributed by atoms with van der Waals surface area (Å²) in [7, 11) is 0. The summed E-state index contributed by atoms with van der Waals surface area (Å²) < 4.78 is 1.67. The summed E-state index contributed by atoms with van der Waals surface area (Å²) in [6, 6.07) is 5.13. The molecule has 0 bridgehead atoms. The molecule has 3 rings (SSSR count). The second-order valence-electron chi connectivity index (χ2n) is 6.71. The average Bonchev–Trinajstić information content (AvgIpc) is 3.31. The second kappa shape index (κ2) is 9.22. The molecule has 9 nitrogen and oxygen atoms in total.